The molecule has 106 valence electrons. The fourth-order valence-corrected chi connectivity index (χ4v) is 3.24. The number of carbonyl (C=O) groups is 1. The van der Waals surface area contributed by atoms with Crippen molar-refractivity contribution < 1.29 is 23.1 Å². The van der Waals surface area contributed by atoms with E-state index in [1.54, 1.807) is 0 Å². The fraction of sp³-hybridized carbons (Fsp3) is 0.909. The second-order valence-electron chi connectivity index (χ2n) is 4.77. The zero-order valence-electron chi connectivity index (χ0n) is 10.8. The second-order valence-corrected chi connectivity index (χ2v) is 6.96. The maximum atomic E-state index is 11.9. The Kier molecular flexibility index (Phi) is 5.55. The third-order valence-corrected chi connectivity index (χ3v) is 5.12. The zero-order chi connectivity index (χ0) is 13.8. The van der Waals surface area contributed by atoms with Crippen molar-refractivity contribution in [1.29, 1.82) is 0 Å². The van der Waals surface area contributed by atoms with E-state index >= 15 is 0 Å². The number of sulfonamides is 1. The molecule has 1 aliphatic rings. The first kappa shape index (κ1) is 15.4. The first-order valence-electron chi connectivity index (χ1n) is 6.04. The molecule has 0 aromatic heterocycles. The molecule has 6 nitrogen and oxygen atoms in total. The molecular formula is C11H21NO5S. The van der Waals surface area contributed by atoms with Crippen molar-refractivity contribution in [3.05, 3.63) is 0 Å². The van der Waals surface area contributed by atoms with Crippen LogP contribution < -0.4 is 0 Å². The van der Waals surface area contributed by atoms with Crippen molar-refractivity contribution in [2.24, 2.45) is 5.92 Å². The molecule has 0 amide bonds. The van der Waals surface area contributed by atoms with Gasteiger partial charge in [0, 0.05) is 20.0 Å². The van der Waals surface area contributed by atoms with Gasteiger partial charge in [-0.25, -0.2) is 12.7 Å². The summed E-state index contributed by atoms with van der Waals surface area (Å²) in [5.41, 5.74) is 0. The highest BCUT2D eigenvalue weighted by Crippen LogP contribution is 2.28. The summed E-state index contributed by atoms with van der Waals surface area (Å²) in [7, 11) is -0.487. The van der Waals surface area contributed by atoms with Crippen molar-refractivity contribution in [2.75, 3.05) is 26.5 Å². The molecule has 7 heteroatoms. The second kappa shape index (κ2) is 6.49. The SMILES string of the molecule is COC(=O)CCCS(=O)(=O)N(C)CC1CC(O)C1. The lowest BCUT2D eigenvalue weighted by molar-refractivity contribution is -0.140. The van der Waals surface area contributed by atoms with Crippen molar-refractivity contribution in [2.45, 2.75) is 31.8 Å². The van der Waals surface area contributed by atoms with E-state index in [1.165, 1.54) is 18.5 Å². The molecule has 0 aromatic carbocycles. The summed E-state index contributed by atoms with van der Waals surface area (Å²) in [5, 5.41) is 9.14. The van der Waals surface area contributed by atoms with Crippen molar-refractivity contribution in [1.82, 2.24) is 4.31 Å². The Balaban J connectivity index is 2.31. The van der Waals surface area contributed by atoms with Gasteiger partial charge >= 0.3 is 5.97 Å². The maximum absolute atomic E-state index is 11.9. The van der Waals surface area contributed by atoms with Crippen LogP contribution in [-0.2, 0) is 19.6 Å². The number of hydrogen-bond donors (Lipinski definition) is 1. The Morgan fingerprint density at radius 3 is 2.56 bits per heavy atom. The third-order valence-electron chi connectivity index (χ3n) is 3.21. The maximum Gasteiger partial charge on any atom is 0.305 e. The van der Waals surface area contributed by atoms with Crippen LogP contribution in [0.15, 0.2) is 0 Å². The van der Waals surface area contributed by atoms with E-state index in [0.29, 0.717) is 19.4 Å². The van der Waals surface area contributed by atoms with Crippen LogP contribution in [-0.4, -0.2) is 56.4 Å². The topological polar surface area (TPSA) is 83.9 Å². The van der Waals surface area contributed by atoms with E-state index in [9.17, 15) is 13.2 Å². The summed E-state index contributed by atoms with van der Waals surface area (Å²) >= 11 is 0. The van der Waals surface area contributed by atoms with E-state index in [1.807, 2.05) is 0 Å². The van der Waals surface area contributed by atoms with Gasteiger partial charge in [0.15, 0.2) is 0 Å². The van der Waals surface area contributed by atoms with Gasteiger partial charge in [-0.2, -0.15) is 0 Å². The van der Waals surface area contributed by atoms with Crippen LogP contribution in [0.25, 0.3) is 0 Å². The summed E-state index contributed by atoms with van der Waals surface area (Å²) in [6.45, 7) is 0.442. The van der Waals surface area contributed by atoms with E-state index in [-0.39, 0.29) is 30.6 Å². The van der Waals surface area contributed by atoms with Gasteiger partial charge in [-0.1, -0.05) is 0 Å². The van der Waals surface area contributed by atoms with Gasteiger partial charge < -0.3 is 9.84 Å². The quantitative estimate of drug-likeness (QED) is 0.662. The molecular weight excluding hydrogens is 258 g/mol. The van der Waals surface area contributed by atoms with E-state index in [0.717, 1.165) is 0 Å². The van der Waals surface area contributed by atoms with Crippen LogP contribution in [0, 0.1) is 5.92 Å². The van der Waals surface area contributed by atoms with Gasteiger partial charge in [0.05, 0.1) is 19.0 Å². The number of hydrogen-bond acceptors (Lipinski definition) is 5. The van der Waals surface area contributed by atoms with Gasteiger partial charge in [-0.05, 0) is 25.2 Å². The first-order valence-corrected chi connectivity index (χ1v) is 7.65. The number of esters is 1. The minimum Gasteiger partial charge on any atom is -0.469 e. The normalized spacial score (nSPS) is 23.8. The summed E-state index contributed by atoms with van der Waals surface area (Å²) in [4.78, 5) is 10.9. The summed E-state index contributed by atoms with van der Waals surface area (Å²) < 4.78 is 29.5. The number of methoxy groups -OCH3 is 1. The lowest BCUT2D eigenvalue weighted by atomic mass is 9.82. The van der Waals surface area contributed by atoms with Crippen molar-refractivity contribution >= 4 is 16.0 Å². The average molecular weight is 279 g/mol. The van der Waals surface area contributed by atoms with Gasteiger partial charge in [-0.15, -0.1) is 0 Å². The lowest BCUT2D eigenvalue weighted by Crippen LogP contribution is -2.40. The summed E-state index contributed by atoms with van der Waals surface area (Å²) in [5.74, 6) is -0.191. The van der Waals surface area contributed by atoms with Crippen LogP contribution in [0.5, 0.6) is 0 Å². The molecule has 0 spiro atoms. The molecule has 0 unspecified atom stereocenters. The van der Waals surface area contributed by atoms with Gasteiger partial charge in [0.2, 0.25) is 10.0 Å². The van der Waals surface area contributed by atoms with E-state index in [4.69, 9.17) is 5.11 Å². The third kappa shape index (κ3) is 4.55. The Morgan fingerprint density at radius 1 is 1.44 bits per heavy atom. The van der Waals surface area contributed by atoms with Gasteiger partial charge in [-0.3, -0.25) is 4.79 Å². The molecule has 0 bridgehead atoms. The van der Waals surface area contributed by atoms with Crippen molar-refractivity contribution in [3.8, 4) is 0 Å². The molecule has 0 heterocycles. The Labute approximate surface area is 108 Å². The van der Waals surface area contributed by atoms with Crippen molar-refractivity contribution in [3.63, 3.8) is 0 Å². The Bertz CT molecular complexity index is 375. The smallest absolute Gasteiger partial charge is 0.305 e. The number of carbonyl (C=O) groups excluding carboxylic acids is 1. The van der Waals surface area contributed by atoms with Crippen LogP contribution >= 0.6 is 0 Å². The first-order chi connectivity index (χ1) is 8.35. The molecule has 1 N–H and O–H groups in total. The predicted octanol–water partition coefficient (Wildman–Crippen LogP) is -0.0279. The molecule has 0 radical (unpaired) electrons. The summed E-state index contributed by atoms with van der Waals surface area (Å²) in [6.07, 6.45) is 1.45. The molecule has 18 heavy (non-hydrogen) atoms. The van der Waals surface area contributed by atoms with Crippen LogP contribution in [0.3, 0.4) is 0 Å². The lowest BCUT2D eigenvalue weighted by Gasteiger charge is -2.34. The highest BCUT2D eigenvalue weighted by atomic mass is 32.2. The van der Waals surface area contributed by atoms with E-state index < -0.39 is 16.0 Å². The minimum absolute atomic E-state index is 0.0477. The van der Waals surface area contributed by atoms with Gasteiger partial charge in [0.1, 0.15) is 0 Å². The highest BCUT2D eigenvalue weighted by Gasteiger charge is 2.30. The molecule has 1 fully saturated rings. The minimum atomic E-state index is -3.31. The monoisotopic (exact) mass is 279 g/mol. The van der Waals surface area contributed by atoms with Crippen LogP contribution in [0.4, 0.5) is 0 Å². The standard InChI is InChI=1S/C11H21NO5S/c1-12(8-9-6-10(13)7-9)18(15,16)5-3-4-11(14)17-2/h9-10,13H,3-8H2,1-2H3. The fourth-order valence-electron chi connectivity index (χ4n) is 1.98. The zero-order valence-corrected chi connectivity index (χ0v) is 11.6. The Morgan fingerprint density at radius 2 is 2.06 bits per heavy atom. The molecule has 0 aliphatic heterocycles. The largest absolute Gasteiger partial charge is 0.469 e. The number of rotatable bonds is 7. The Hall–Kier alpha value is -0.660. The van der Waals surface area contributed by atoms with Crippen LogP contribution in [0.2, 0.25) is 0 Å². The van der Waals surface area contributed by atoms with Gasteiger partial charge in [0.25, 0.3) is 0 Å². The molecule has 0 atom stereocenters. The van der Waals surface area contributed by atoms with E-state index in [2.05, 4.69) is 4.74 Å². The molecule has 0 saturated heterocycles. The average Bonchev–Trinajstić information content (AvgIpc) is 2.26. The summed E-state index contributed by atoms with van der Waals surface area (Å²) in [6, 6.07) is 0. The number of ether oxygens (including phenoxy) is 1. The molecule has 1 rings (SSSR count). The number of nitrogens with zero attached hydrogens (tertiary/aromatic N) is 1. The molecule has 1 saturated carbocycles. The van der Waals surface area contributed by atoms with Crippen LogP contribution in [0.1, 0.15) is 25.7 Å². The molecule has 1 aliphatic carbocycles. The number of aliphatic hydroxyl groups excluding tert-OH is 1. The highest BCUT2D eigenvalue weighted by molar-refractivity contribution is 7.89. The predicted molar refractivity (Wildman–Crippen MR) is 66.4 cm³/mol. The number of aliphatic hydroxyl groups is 1. The molecule has 0 aromatic rings.